The number of ether oxygens (including phenoxy) is 2. The zero-order valence-corrected chi connectivity index (χ0v) is 9.82. The van der Waals surface area contributed by atoms with E-state index in [0.29, 0.717) is 17.9 Å². The Kier molecular flexibility index (Phi) is 3.90. The fourth-order valence-corrected chi connectivity index (χ4v) is 1.10. The third kappa shape index (κ3) is 3.90. The van der Waals surface area contributed by atoms with E-state index in [1.807, 2.05) is 13.8 Å². The smallest absolute Gasteiger partial charge is 0.337 e. The van der Waals surface area contributed by atoms with E-state index in [9.17, 15) is 4.79 Å². The second kappa shape index (κ2) is 4.99. The van der Waals surface area contributed by atoms with E-state index in [0.717, 1.165) is 0 Å². The van der Waals surface area contributed by atoms with Crippen molar-refractivity contribution >= 4 is 5.97 Å². The topological polar surface area (TPSA) is 61.5 Å². The van der Waals surface area contributed by atoms with Crippen LogP contribution in [0.5, 0.6) is 5.75 Å². The maximum Gasteiger partial charge on any atom is 0.337 e. The predicted octanol–water partition coefficient (Wildman–Crippen LogP) is 1.59. The first-order valence-corrected chi connectivity index (χ1v) is 5.02. The Morgan fingerprint density at radius 3 is 2.69 bits per heavy atom. The highest BCUT2D eigenvalue weighted by molar-refractivity contribution is 5.89. The minimum atomic E-state index is -0.402. The maximum atomic E-state index is 11.3. The molecule has 2 N–H and O–H groups in total. The van der Waals surface area contributed by atoms with Gasteiger partial charge in [0.25, 0.3) is 0 Å². The van der Waals surface area contributed by atoms with Crippen LogP contribution in [0.4, 0.5) is 0 Å². The summed E-state index contributed by atoms with van der Waals surface area (Å²) in [5.74, 6) is 0.235. The zero-order chi connectivity index (χ0) is 12.2. The third-order valence-corrected chi connectivity index (χ3v) is 1.87. The van der Waals surface area contributed by atoms with Crippen LogP contribution in [0.25, 0.3) is 0 Å². The van der Waals surface area contributed by atoms with Crippen molar-refractivity contribution < 1.29 is 14.3 Å². The number of hydrogen-bond acceptors (Lipinski definition) is 4. The van der Waals surface area contributed by atoms with Crippen molar-refractivity contribution in [3.05, 3.63) is 29.8 Å². The van der Waals surface area contributed by atoms with Crippen molar-refractivity contribution in [3.63, 3.8) is 0 Å². The fourth-order valence-electron chi connectivity index (χ4n) is 1.10. The highest BCUT2D eigenvalue weighted by Gasteiger charge is 2.12. The predicted molar refractivity (Wildman–Crippen MR) is 61.5 cm³/mol. The van der Waals surface area contributed by atoms with Crippen LogP contribution in [-0.2, 0) is 4.74 Å². The van der Waals surface area contributed by atoms with Crippen LogP contribution in [0.2, 0.25) is 0 Å². The van der Waals surface area contributed by atoms with Gasteiger partial charge in [-0.25, -0.2) is 4.79 Å². The SMILES string of the molecule is COC(=O)c1cccc(OCC(C)(C)N)c1. The van der Waals surface area contributed by atoms with Gasteiger partial charge in [-0.3, -0.25) is 0 Å². The van der Waals surface area contributed by atoms with E-state index in [1.54, 1.807) is 24.3 Å². The second-order valence-electron chi connectivity index (χ2n) is 4.30. The monoisotopic (exact) mass is 223 g/mol. The molecule has 0 atom stereocenters. The van der Waals surface area contributed by atoms with E-state index < -0.39 is 5.54 Å². The lowest BCUT2D eigenvalue weighted by atomic mass is 10.1. The molecule has 0 saturated carbocycles. The Hall–Kier alpha value is -1.55. The number of hydrogen-bond donors (Lipinski definition) is 1. The molecule has 1 aromatic carbocycles. The lowest BCUT2D eigenvalue weighted by Crippen LogP contribution is -2.38. The van der Waals surface area contributed by atoms with E-state index in [-0.39, 0.29) is 5.97 Å². The van der Waals surface area contributed by atoms with Gasteiger partial charge >= 0.3 is 5.97 Å². The van der Waals surface area contributed by atoms with E-state index in [2.05, 4.69) is 4.74 Å². The second-order valence-corrected chi connectivity index (χ2v) is 4.30. The van der Waals surface area contributed by atoms with Crippen molar-refractivity contribution in [3.8, 4) is 5.75 Å². The first kappa shape index (κ1) is 12.5. The summed E-state index contributed by atoms with van der Waals surface area (Å²) in [6.45, 7) is 4.13. The van der Waals surface area contributed by atoms with Crippen molar-refractivity contribution in [2.75, 3.05) is 13.7 Å². The number of rotatable bonds is 4. The average molecular weight is 223 g/mol. The van der Waals surface area contributed by atoms with E-state index in [1.165, 1.54) is 7.11 Å². The molecule has 0 radical (unpaired) electrons. The maximum absolute atomic E-state index is 11.3. The van der Waals surface area contributed by atoms with Gasteiger partial charge in [-0.1, -0.05) is 6.07 Å². The van der Waals surface area contributed by atoms with Crippen LogP contribution in [0, 0.1) is 0 Å². The third-order valence-electron chi connectivity index (χ3n) is 1.87. The van der Waals surface area contributed by atoms with Crippen LogP contribution >= 0.6 is 0 Å². The Labute approximate surface area is 95.3 Å². The van der Waals surface area contributed by atoms with Gasteiger partial charge in [0.15, 0.2) is 0 Å². The normalized spacial score (nSPS) is 11.0. The zero-order valence-electron chi connectivity index (χ0n) is 9.82. The highest BCUT2D eigenvalue weighted by atomic mass is 16.5. The number of esters is 1. The minimum Gasteiger partial charge on any atom is -0.492 e. The van der Waals surface area contributed by atoms with Crippen LogP contribution in [-0.4, -0.2) is 25.2 Å². The van der Waals surface area contributed by atoms with Crippen LogP contribution in [0.15, 0.2) is 24.3 Å². The Bertz CT molecular complexity index is 369. The summed E-state index contributed by atoms with van der Waals surface area (Å²) in [4.78, 5) is 11.3. The Morgan fingerprint density at radius 2 is 2.12 bits per heavy atom. The first-order chi connectivity index (χ1) is 7.42. The summed E-state index contributed by atoms with van der Waals surface area (Å²) >= 11 is 0. The summed E-state index contributed by atoms with van der Waals surface area (Å²) in [7, 11) is 1.35. The number of nitrogens with two attached hydrogens (primary N) is 1. The van der Waals surface area contributed by atoms with Crippen LogP contribution < -0.4 is 10.5 Å². The molecule has 0 aromatic heterocycles. The molecule has 16 heavy (non-hydrogen) atoms. The molecule has 0 amide bonds. The lowest BCUT2D eigenvalue weighted by molar-refractivity contribution is 0.0600. The van der Waals surface area contributed by atoms with Gasteiger partial charge in [-0.05, 0) is 32.0 Å². The highest BCUT2D eigenvalue weighted by Crippen LogP contribution is 2.15. The van der Waals surface area contributed by atoms with Crippen molar-refractivity contribution in [1.82, 2.24) is 0 Å². The standard InChI is InChI=1S/C12H17NO3/c1-12(2,13)8-16-10-6-4-5-9(7-10)11(14)15-3/h4-7H,8,13H2,1-3H3. The summed E-state index contributed by atoms with van der Waals surface area (Å²) in [6.07, 6.45) is 0. The molecule has 0 heterocycles. The van der Waals surface area contributed by atoms with Gasteiger partial charge in [0, 0.05) is 5.54 Å². The molecule has 0 spiro atoms. The van der Waals surface area contributed by atoms with Crippen molar-refractivity contribution in [2.45, 2.75) is 19.4 Å². The molecule has 1 rings (SSSR count). The van der Waals surface area contributed by atoms with Crippen LogP contribution in [0.3, 0.4) is 0 Å². The molecular weight excluding hydrogens is 206 g/mol. The fraction of sp³-hybridized carbons (Fsp3) is 0.417. The number of benzene rings is 1. The molecule has 4 heteroatoms. The molecule has 0 unspecified atom stereocenters. The molecule has 0 saturated heterocycles. The molecule has 0 aliphatic carbocycles. The summed E-state index contributed by atoms with van der Waals surface area (Å²) < 4.78 is 10.1. The van der Waals surface area contributed by atoms with Gasteiger partial charge in [-0.2, -0.15) is 0 Å². The molecule has 0 aliphatic rings. The molecule has 0 bridgehead atoms. The summed E-state index contributed by atoms with van der Waals surface area (Å²) in [5.41, 5.74) is 5.86. The average Bonchev–Trinajstić information content (AvgIpc) is 2.25. The molecule has 0 fully saturated rings. The molecule has 1 aromatic rings. The summed E-state index contributed by atoms with van der Waals surface area (Å²) in [6, 6.07) is 6.83. The van der Waals surface area contributed by atoms with Gasteiger partial charge in [0.2, 0.25) is 0 Å². The quantitative estimate of drug-likeness (QED) is 0.787. The largest absolute Gasteiger partial charge is 0.492 e. The van der Waals surface area contributed by atoms with Crippen molar-refractivity contribution in [1.29, 1.82) is 0 Å². The molecule has 4 nitrogen and oxygen atoms in total. The Morgan fingerprint density at radius 1 is 1.44 bits per heavy atom. The number of carbonyl (C=O) groups excluding carboxylic acids is 1. The van der Waals surface area contributed by atoms with Gasteiger partial charge in [0.1, 0.15) is 12.4 Å². The van der Waals surface area contributed by atoms with Crippen molar-refractivity contribution in [2.24, 2.45) is 5.73 Å². The van der Waals surface area contributed by atoms with E-state index >= 15 is 0 Å². The lowest BCUT2D eigenvalue weighted by Gasteiger charge is -2.19. The minimum absolute atomic E-state index is 0.377. The first-order valence-electron chi connectivity index (χ1n) is 5.02. The number of carbonyl (C=O) groups is 1. The van der Waals surface area contributed by atoms with Gasteiger partial charge < -0.3 is 15.2 Å². The summed E-state index contributed by atoms with van der Waals surface area (Å²) in [5, 5.41) is 0. The molecule has 88 valence electrons. The van der Waals surface area contributed by atoms with Crippen LogP contribution in [0.1, 0.15) is 24.2 Å². The number of methoxy groups -OCH3 is 1. The van der Waals surface area contributed by atoms with Gasteiger partial charge in [-0.15, -0.1) is 0 Å². The Balaban J connectivity index is 2.71. The van der Waals surface area contributed by atoms with Gasteiger partial charge in [0.05, 0.1) is 12.7 Å². The molecular formula is C12H17NO3. The van der Waals surface area contributed by atoms with E-state index in [4.69, 9.17) is 10.5 Å². The molecule has 0 aliphatic heterocycles.